The number of aliphatic hydroxyl groups excluding tert-OH is 1. The lowest BCUT2D eigenvalue weighted by molar-refractivity contribution is -0.0814. The van der Waals surface area contributed by atoms with Gasteiger partial charge in [-0.3, -0.25) is 0 Å². The summed E-state index contributed by atoms with van der Waals surface area (Å²) in [5.74, 6) is 1.26. The second kappa shape index (κ2) is 9.66. The second-order valence-corrected chi connectivity index (χ2v) is 10.9. The van der Waals surface area contributed by atoms with Crippen LogP contribution in [0.5, 0.6) is 0 Å². The van der Waals surface area contributed by atoms with Crippen LogP contribution in [0.2, 0.25) is 0 Å². The zero-order valence-corrected chi connectivity index (χ0v) is 19.3. The lowest BCUT2D eigenvalue weighted by atomic mass is 9.53. The van der Waals surface area contributed by atoms with E-state index in [-0.39, 0.29) is 12.2 Å². The van der Waals surface area contributed by atoms with E-state index in [9.17, 15) is 10.2 Å². The van der Waals surface area contributed by atoms with E-state index in [1.165, 1.54) is 44.1 Å². The quantitative estimate of drug-likeness (QED) is 0.575. The maximum Gasteiger partial charge on any atom is 0.0613 e. The molecule has 2 N–H and O–H groups in total. The first kappa shape index (κ1) is 23.0. The summed E-state index contributed by atoms with van der Waals surface area (Å²) in [6.07, 6.45) is 17.3. The van der Waals surface area contributed by atoms with Crippen molar-refractivity contribution in [3.63, 3.8) is 0 Å². The van der Waals surface area contributed by atoms with Crippen LogP contribution >= 0.6 is 0 Å². The van der Waals surface area contributed by atoms with Crippen LogP contribution in [0, 0.1) is 17.3 Å². The van der Waals surface area contributed by atoms with Gasteiger partial charge in [0.2, 0.25) is 0 Å². The molecule has 5 unspecified atom stereocenters. The Labute approximate surface area is 178 Å². The normalized spacial score (nSPS) is 37.5. The Hall–Kier alpha value is -0.640. The van der Waals surface area contributed by atoms with Gasteiger partial charge in [-0.15, -0.1) is 0 Å². The van der Waals surface area contributed by atoms with Crippen LogP contribution in [0.3, 0.4) is 0 Å². The van der Waals surface area contributed by atoms with Crippen molar-refractivity contribution in [3.8, 4) is 0 Å². The molecule has 0 aromatic heterocycles. The first-order valence-electron chi connectivity index (χ1n) is 12.1. The van der Waals surface area contributed by atoms with Gasteiger partial charge in [-0.1, -0.05) is 36.6 Å². The van der Waals surface area contributed by atoms with Crippen molar-refractivity contribution in [1.82, 2.24) is 0 Å². The molecule has 3 rings (SSSR count). The first-order valence-corrected chi connectivity index (χ1v) is 12.1. The Morgan fingerprint density at radius 1 is 1.14 bits per heavy atom. The monoisotopic (exact) mass is 404 g/mol. The Bertz CT molecular complexity index is 600. The predicted molar refractivity (Wildman–Crippen MR) is 120 cm³/mol. The predicted octanol–water partition coefficient (Wildman–Crippen LogP) is 5.95. The molecule has 0 saturated heterocycles. The lowest BCUT2D eigenvalue weighted by Gasteiger charge is -2.53. The van der Waals surface area contributed by atoms with Crippen LogP contribution in [-0.4, -0.2) is 34.6 Å². The molecule has 3 aliphatic rings. The number of allylic oxidation sites excluding steroid dienone is 3. The minimum Gasteiger partial charge on any atom is -0.393 e. The van der Waals surface area contributed by atoms with E-state index in [0.717, 1.165) is 25.7 Å². The van der Waals surface area contributed by atoms with Crippen LogP contribution < -0.4 is 0 Å². The summed E-state index contributed by atoms with van der Waals surface area (Å²) < 4.78 is 6.25. The molecule has 166 valence electrons. The zero-order chi connectivity index (χ0) is 21.1. The van der Waals surface area contributed by atoms with Gasteiger partial charge in [-0.25, -0.2) is 0 Å². The number of hydrogen-bond donors (Lipinski definition) is 2. The molecule has 0 aliphatic heterocycles. The molecule has 3 nitrogen and oxygen atoms in total. The van der Waals surface area contributed by atoms with Crippen molar-refractivity contribution in [2.75, 3.05) is 6.61 Å². The highest BCUT2D eigenvalue weighted by Crippen LogP contribution is 2.56. The third kappa shape index (κ3) is 5.95. The van der Waals surface area contributed by atoms with Crippen LogP contribution in [0.15, 0.2) is 23.3 Å². The minimum absolute atomic E-state index is 0.133. The summed E-state index contributed by atoms with van der Waals surface area (Å²) in [5, 5.41) is 20.0. The molecular weight excluding hydrogens is 360 g/mol. The van der Waals surface area contributed by atoms with Crippen LogP contribution in [0.1, 0.15) is 98.3 Å². The van der Waals surface area contributed by atoms with Crippen molar-refractivity contribution in [3.05, 3.63) is 23.3 Å². The molecule has 3 aliphatic carbocycles. The molecule has 29 heavy (non-hydrogen) atoms. The van der Waals surface area contributed by atoms with Crippen LogP contribution in [0.25, 0.3) is 0 Å². The molecule has 0 radical (unpaired) electrons. The Morgan fingerprint density at radius 2 is 1.93 bits per heavy atom. The van der Waals surface area contributed by atoms with Crippen molar-refractivity contribution in [1.29, 1.82) is 0 Å². The third-order valence-corrected chi connectivity index (χ3v) is 8.01. The number of hydrogen-bond acceptors (Lipinski definition) is 3. The molecule has 5 atom stereocenters. The summed E-state index contributed by atoms with van der Waals surface area (Å²) in [6, 6.07) is 0. The standard InChI is InChI=1S/C26H44O3/c1-19(29-17-16-25(2,3)28)23-11-6-12-24-21(9-7-15-26(23,24)4)14-13-20-8-5-10-22(27)18-20/h13-14,19,22-24,27-28H,5-12,15-18H2,1-4H3/b20-13-,21-14+. The van der Waals surface area contributed by atoms with Crippen LogP contribution in [0.4, 0.5) is 0 Å². The van der Waals surface area contributed by atoms with E-state index >= 15 is 0 Å². The fourth-order valence-electron chi connectivity index (χ4n) is 6.30. The highest BCUT2D eigenvalue weighted by Gasteiger charge is 2.48. The second-order valence-electron chi connectivity index (χ2n) is 10.9. The maximum atomic E-state index is 9.99. The van der Waals surface area contributed by atoms with Gasteiger partial charge in [0.15, 0.2) is 0 Å². The molecule has 3 saturated carbocycles. The minimum atomic E-state index is -0.653. The van der Waals surface area contributed by atoms with E-state index in [4.69, 9.17) is 4.74 Å². The maximum absolute atomic E-state index is 9.99. The average molecular weight is 405 g/mol. The number of rotatable bonds is 6. The van der Waals surface area contributed by atoms with Crippen molar-refractivity contribution >= 4 is 0 Å². The molecular formula is C26H44O3. The topological polar surface area (TPSA) is 49.7 Å². The van der Waals surface area contributed by atoms with Crippen molar-refractivity contribution < 1.29 is 14.9 Å². The van der Waals surface area contributed by atoms with Gasteiger partial charge in [-0.2, -0.15) is 0 Å². The number of aliphatic hydroxyl groups is 2. The molecule has 0 aromatic carbocycles. The smallest absolute Gasteiger partial charge is 0.0613 e. The lowest BCUT2D eigenvalue weighted by Crippen LogP contribution is -2.47. The van der Waals surface area contributed by atoms with E-state index in [2.05, 4.69) is 26.0 Å². The van der Waals surface area contributed by atoms with E-state index in [1.807, 2.05) is 13.8 Å². The summed E-state index contributed by atoms with van der Waals surface area (Å²) in [7, 11) is 0. The summed E-state index contributed by atoms with van der Waals surface area (Å²) in [6.45, 7) is 9.13. The highest BCUT2D eigenvalue weighted by molar-refractivity contribution is 5.25. The Kier molecular flexibility index (Phi) is 7.67. The van der Waals surface area contributed by atoms with E-state index < -0.39 is 5.60 Å². The summed E-state index contributed by atoms with van der Waals surface area (Å²) in [4.78, 5) is 0. The largest absolute Gasteiger partial charge is 0.393 e. The van der Waals surface area contributed by atoms with Gasteiger partial charge < -0.3 is 14.9 Å². The summed E-state index contributed by atoms with van der Waals surface area (Å²) >= 11 is 0. The molecule has 0 bridgehead atoms. The average Bonchev–Trinajstić information content (AvgIpc) is 2.64. The first-order chi connectivity index (χ1) is 13.7. The highest BCUT2D eigenvalue weighted by atomic mass is 16.5. The van der Waals surface area contributed by atoms with Crippen LogP contribution in [-0.2, 0) is 4.74 Å². The number of ether oxygens (including phenoxy) is 1. The Morgan fingerprint density at radius 3 is 2.66 bits per heavy atom. The Balaban J connectivity index is 1.69. The fourth-order valence-corrected chi connectivity index (χ4v) is 6.30. The van der Waals surface area contributed by atoms with Gasteiger partial charge in [0, 0.05) is 6.61 Å². The summed E-state index contributed by atoms with van der Waals surface area (Å²) in [5.41, 5.74) is 2.74. The van der Waals surface area contributed by atoms with Gasteiger partial charge in [-0.05, 0) is 102 Å². The molecule has 3 heteroatoms. The third-order valence-electron chi connectivity index (χ3n) is 8.01. The SMILES string of the molecule is CC(OCCC(C)(C)O)C1CCCC2/C(=C/C=C3/CCCC(O)C3)CCCC21C. The molecule has 0 spiro atoms. The van der Waals surface area contributed by atoms with Crippen molar-refractivity contribution in [2.45, 2.75) is 116 Å². The van der Waals surface area contributed by atoms with Gasteiger partial charge in [0.05, 0.1) is 17.8 Å². The van der Waals surface area contributed by atoms with E-state index in [0.29, 0.717) is 30.3 Å². The van der Waals surface area contributed by atoms with Crippen molar-refractivity contribution in [2.24, 2.45) is 17.3 Å². The molecule has 3 fully saturated rings. The van der Waals surface area contributed by atoms with Gasteiger partial charge in [0.1, 0.15) is 0 Å². The van der Waals surface area contributed by atoms with Gasteiger partial charge in [0.25, 0.3) is 0 Å². The fraction of sp³-hybridized carbons (Fsp3) is 0.846. The molecule has 0 heterocycles. The molecule has 0 aromatic rings. The van der Waals surface area contributed by atoms with E-state index in [1.54, 1.807) is 5.57 Å². The number of fused-ring (bicyclic) bond motifs is 1. The van der Waals surface area contributed by atoms with Gasteiger partial charge >= 0.3 is 0 Å². The molecule has 0 amide bonds. The zero-order valence-electron chi connectivity index (χ0n) is 19.3.